The molecular formula is C8H17NO. The number of rotatable bonds is 4. The predicted molar refractivity (Wildman–Crippen MR) is 41.8 cm³/mol. The molecule has 2 nitrogen and oxygen atoms in total. The largest absolute Gasteiger partial charge is 0.385 e. The lowest BCUT2D eigenvalue weighted by molar-refractivity contribution is 0.0775. The van der Waals surface area contributed by atoms with Crippen LogP contribution in [0, 0.1) is 5.41 Å². The normalized spacial score (nSPS) is 22.2. The Morgan fingerprint density at radius 3 is 2.50 bits per heavy atom. The minimum Gasteiger partial charge on any atom is -0.385 e. The first-order valence-corrected chi connectivity index (χ1v) is 4.02. The lowest BCUT2D eigenvalue weighted by Gasteiger charge is -2.40. The van der Waals surface area contributed by atoms with Crippen LogP contribution in [0.1, 0.15) is 25.7 Å². The molecular weight excluding hydrogens is 126 g/mol. The van der Waals surface area contributed by atoms with E-state index in [9.17, 15) is 0 Å². The van der Waals surface area contributed by atoms with Crippen molar-refractivity contribution in [1.82, 2.24) is 0 Å². The van der Waals surface area contributed by atoms with Crippen molar-refractivity contribution < 1.29 is 4.74 Å². The maximum atomic E-state index is 5.65. The van der Waals surface area contributed by atoms with Gasteiger partial charge in [-0.2, -0.15) is 0 Å². The molecule has 0 radical (unpaired) electrons. The van der Waals surface area contributed by atoms with Crippen LogP contribution in [0.4, 0.5) is 0 Å². The Labute approximate surface area is 62.7 Å². The average molecular weight is 143 g/mol. The molecule has 0 aromatic carbocycles. The summed E-state index contributed by atoms with van der Waals surface area (Å²) in [5.74, 6) is 0. The fourth-order valence-electron chi connectivity index (χ4n) is 1.55. The maximum Gasteiger partial charge on any atom is 0.0468 e. The summed E-state index contributed by atoms with van der Waals surface area (Å²) in [6.07, 6.45) is 5.14. The minimum atomic E-state index is 0.468. The third kappa shape index (κ3) is 1.50. The van der Waals surface area contributed by atoms with E-state index in [0.717, 1.165) is 19.6 Å². The smallest absolute Gasteiger partial charge is 0.0468 e. The fraction of sp³-hybridized carbons (Fsp3) is 1.00. The highest BCUT2D eigenvalue weighted by Crippen LogP contribution is 2.42. The first-order valence-electron chi connectivity index (χ1n) is 4.02. The summed E-state index contributed by atoms with van der Waals surface area (Å²) < 4.78 is 5.02. The first kappa shape index (κ1) is 8.02. The molecule has 1 fully saturated rings. The average Bonchev–Trinajstić information content (AvgIpc) is 1.87. The summed E-state index contributed by atoms with van der Waals surface area (Å²) >= 11 is 0. The van der Waals surface area contributed by atoms with Crippen LogP contribution in [-0.4, -0.2) is 20.3 Å². The monoisotopic (exact) mass is 143 g/mol. The van der Waals surface area contributed by atoms with Gasteiger partial charge >= 0.3 is 0 Å². The quantitative estimate of drug-likeness (QED) is 0.640. The zero-order chi connectivity index (χ0) is 7.45. The number of hydrogen-bond acceptors (Lipinski definition) is 2. The lowest BCUT2D eigenvalue weighted by atomic mass is 9.67. The molecule has 1 saturated carbocycles. The van der Waals surface area contributed by atoms with E-state index < -0.39 is 0 Å². The Morgan fingerprint density at radius 1 is 1.50 bits per heavy atom. The molecule has 0 amide bonds. The zero-order valence-electron chi connectivity index (χ0n) is 6.73. The molecule has 0 unspecified atom stereocenters. The number of ether oxygens (including phenoxy) is 1. The molecule has 2 N–H and O–H groups in total. The topological polar surface area (TPSA) is 35.2 Å². The highest BCUT2D eigenvalue weighted by molar-refractivity contribution is 4.88. The van der Waals surface area contributed by atoms with E-state index in [1.165, 1.54) is 19.3 Å². The van der Waals surface area contributed by atoms with Crippen LogP contribution in [0.3, 0.4) is 0 Å². The molecule has 0 heterocycles. The summed E-state index contributed by atoms with van der Waals surface area (Å²) in [6, 6.07) is 0. The van der Waals surface area contributed by atoms with Gasteiger partial charge in [-0.15, -0.1) is 0 Å². The van der Waals surface area contributed by atoms with E-state index in [2.05, 4.69) is 0 Å². The summed E-state index contributed by atoms with van der Waals surface area (Å²) in [4.78, 5) is 0. The van der Waals surface area contributed by atoms with Gasteiger partial charge in [0.1, 0.15) is 0 Å². The van der Waals surface area contributed by atoms with Crippen LogP contribution in [0.5, 0.6) is 0 Å². The van der Waals surface area contributed by atoms with Crippen molar-refractivity contribution in [2.75, 3.05) is 20.3 Å². The molecule has 0 saturated heterocycles. The third-order valence-corrected chi connectivity index (χ3v) is 2.68. The highest BCUT2D eigenvalue weighted by Gasteiger charge is 2.34. The van der Waals surface area contributed by atoms with Gasteiger partial charge in [-0.05, 0) is 31.2 Å². The van der Waals surface area contributed by atoms with Crippen LogP contribution >= 0.6 is 0 Å². The van der Waals surface area contributed by atoms with E-state index >= 15 is 0 Å². The molecule has 1 aliphatic carbocycles. The van der Waals surface area contributed by atoms with Crippen molar-refractivity contribution in [3.63, 3.8) is 0 Å². The summed E-state index contributed by atoms with van der Waals surface area (Å²) in [7, 11) is 1.75. The zero-order valence-corrected chi connectivity index (χ0v) is 6.73. The maximum absolute atomic E-state index is 5.65. The van der Waals surface area contributed by atoms with Crippen molar-refractivity contribution in [3.8, 4) is 0 Å². The SMILES string of the molecule is COCCC1(CN)CCC1. The van der Waals surface area contributed by atoms with Crippen LogP contribution < -0.4 is 5.73 Å². The van der Waals surface area contributed by atoms with Crippen molar-refractivity contribution in [1.29, 1.82) is 0 Å². The Kier molecular flexibility index (Phi) is 2.69. The molecule has 60 valence electrons. The summed E-state index contributed by atoms with van der Waals surface area (Å²) in [6.45, 7) is 1.72. The van der Waals surface area contributed by atoms with Crippen LogP contribution in [-0.2, 0) is 4.74 Å². The second-order valence-electron chi connectivity index (χ2n) is 3.30. The van der Waals surface area contributed by atoms with E-state index in [-0.39, 0.29) is 0 Å². The van der Waals surface area contributed by atoms with Crippen LogP contribution in [0.15, 0.2) is 0 Å². The van der Waals surface area contributed by atoms with Gasteiger partial charge in [0, 0.05) is 13.7 Å². The van der Waals surface area contributed by atoms with Gasteiger partial charge in [-0.25, -0.2) is 0 Å². The molecule has 1 aliphatic rings. The van der Waals surface area contributed by atoms with E-state index in [0.29, 0.717) is 5.41 Å². The van der Waals surface area contributed by atoms with E-state index in [4.69, 9.17) is 10.5 Å². The molecule has 0 bridgehead atoms. The third-order valence-electron chi connectivity index (χ3n) is 2.68. The van der Waals surface area contributed by atoms with Gasteiger partial charge in [0.25, 0.3) is 0 Å². The van der Waals surface area contributed by atoms with Crippen LogP contribution in [0.2, 0.25) is 0 Å². The lowest BCUT2D eigenvalue weighted by Crippen LogP contribution is -2.38. The second-order valence-corrected chi connectivity index (χ2v) is 3.30. The molecule has 10 heavy (non-hydrogen) atoms. The molecule has 1 rings (SSSR count). The Hall–Kier alpha value is -0.0800. The van der Waals surface area contributed by atoms with E-state index in [1.807, 2.05) is 0 Å². The number of nitrogens with two attached hydrogens (primary N) is 1. The summed E-state index contributed by atoms with van der Waals surface area (Å²) in [5, 5.41) is 0. The first-order chi connectivity index (χ1) is 4.83. The number of methoxy groups -OCH3 is 1. The molecule has 0 aromatic rings. The Morgan fingerprint density at radius 2 is 2.20 bits per heavy atom. The Bertz CT molecular complexity index is 93.9. The van der Waals surface area contributed by atoms with E-state index in [1.54, 1.807) is 7.11 Å². The second kappa shape index (κ2) is 3.35. The molecule has 0 spiro atoms. The fourth-order valence-corrected chi connectivity index (χ4v) is 1.55. The van der Waals surface area contributed by atoms with Gasteiger partial charge in [-0.3, -0.25) is 0 Å². The van der Waals surface area contributed by atoms with Crippen molar-refractivity contribution in [2.24, 2.45) is 11.1 Å². The minimum absolute atomic E-state index is 0.468. The molecule has 0 aromatic heterocycles. The van der Waals surface area contributed by atoms with Crippen molar-refractivity contribution in [3.05, 3.63) is 0 Å². The summed E-state index contributed by atoms with van der Waals surface area (Å²) in [5.41, 5.74) is 6.12. The standard InChI is InChI=1S/C8H17NO/c1-10-6-5-8(7-9)3-2-4-8/h2-7,9H2,1H3. The van der Waals surface area contributed by atoms with Gasteiger partial charge in [0.15, 0.2) is 0 Å². The molecule has 0 atom stereocenters. The molecule has 0 aliphatic heterocycles. The van der Waals surface area contributed by atoms with Gasteiger partial charge in [0.2, 0.25) is 0 Å². The van der Waals surface area contributed by atoms with Gasteiger partial charge in [0.05, 0.1) is 0 Å². The van der Waals surface area contributed by atoms with Gasteiger partial charge < -0.3 is 10.5 Å². The van der Waals surface area contributed by atoms with Gasteiger partial charge in [-0.1, -0.05) is 6.42 Å². The van der Waals surface area contributed by atoms with Crippen molar-refractivity contribution in [2.45, 2.75) is 25.7 Å². The van der Waals surface area contributed by atoms with Crippen LogP contribution in [0.25, 0.3) is 0 Å². The van der Waals surface area contributed by atoms with Crippen molar-refractivity contribution >= 4 is 0 Å². The predicted octanol–water partition coefficient (Wildman–Crippen LogP) is 1.15. The Balaban J connectivity index is 2.20. The number of hydrogen-bond donors (Lipinski definition) is 1. The highest BCUT2D eigenvalue weighted by atomic mass is 16.5. The molecule has 2 heteroatoms.